The van der Waals surface area contributed by atoms with Gasteiger partial charge >= 0.3 is 0 Å². The van der Waals surface area contributed by atoms with E-state index in [0.717, 1.165) is 18.9 Å². The molecular weight excluding hydrogens is 274 g/mol. The van der Waals surface area contributed by atoms with Crippen LogP contribution in [0.4, 0.5) is 11.4 Å². The van der Waals surface area contributed by atoms with Gasteiger partial charge in [-0.05, 0) is 30.5 Å². The summed E-state index contributed by atoms with van der Waals surface area (Å²) in [7, 11) is -3.75. The van der Waals surface area contributed by atoms with Crippen molar-refractivity contribution in [2.24, 2.45) is 11.1 Å². The molecule has 1 fully saturated rings. The van der Waals surface area contributed by atoms with Crippen molar-refractivity contribution in [3.8, 4) is 0 Å². The van der Waals surface area contributed by atoms with E-state index in [-0.39, 0.29) is 4.90 Å². The number of benzene rings is 1. The maximum Gasteiger partial charge on any atom is 0.240 e. The molecule has 20 heavy (non-hydrogen) atoms. The molecule has 6 heteroatoms. The molecule has 5 nitrogen and oxygen atoms in total. The van der Waals surface area contributed by atoms with E-state index >= 15 is 0 Å². The molecule has 1 aliphatic rings. The first-order valence-electron chi connectivity index (χ1n) is 7.13. The Morgan fingerprint density at radius 3 is 2.55 bits per heavy atom. The van der Waals surface area contributed by atoms with Gasteiger partial charge in [-0.1, -0.05) is 32.1 Å². The summed E-state index contributed by atoms with van der Waals surface area (Å²) in [6.07, 6.45) is 7.60. The van der Waals surface area contributed by atoms with Gasteiger partial charge in [0.2, 0.25) is 10.0 Å². The molecule has 1 aromatic rings. The maximum absolute atomic E-state index is 11.6. The SMILES string of the molecule is Nc1ccc(NCCC2CCCCC2)c(S(N)(=O)=O)c1. The van der Waals surface area contributed by atoms with Crippen LogP contribution < -0.4 is 16.2 Å². The lowest BCUT2D eigenvalue weighted by Gasteiger charge is -2.22. The van der Waals surface area contributed by atoms with Gasteiger partial charge in [-0.25, -0.2) is 13.6 Å². The van der Waals surface area contributed by atoms with E-state index in [4.69, 9.17) is 10.9 Å². The van der Waals surface area contributed by atoms with E-state index in [9.17, 15) is 8.42 Å². The van der Waals surface area contributed by atoms with E-state index in [1.165, 1.54) is 38.2 Å². The van der Waals surface area contributed by atoms with Crippen molar-refractivity contribution in [1.29, 1.82) is 0 Å². The first-order chi connectivity index (χ1) is 9.47. The number of nitrogen functional groups attached to an aromatic ring is 1. The Balaban J connectivity index is 1.98. The summed E-state index contributed by atoms with van der Waals surface area (Å²) in [5.41, 5.74) is 6.56. The van der Waals surface area contributed by atoms with Crippen LogP contribution in [0.25, 0.3) is 0 Å². The normalized spacial score (nSPS) is 17.1. The summed E-state index contributed by atoms with van der Waals surface area (Å²) in [4.78, 5) is 0.0705. The second kappa shape index (κ2) is 6.45. The van der Waals surface area contributed by atoms with Crippen molar-refractivity contribution in [3.05, 3.63) is 18.2 Å². The lowest BCUT2D eigenvalue weighted by Crippen LogP contribution is -2.17. The minimum absolute atomic E-state index is 0.0705. The van der Waals surface area contributed by atoms with Crippen molar-refractivity contribution in [2.75, 3.05) is 17.6 Å². The summed E-state index contributed by atoms with van der Waals surface area (Å²) < 4.78 is 23.1. The Morgan fingerprint density at radius 1 is 1.20 bits per heavy atom. The topological polar surface area (TPSA) is 98.2 Å². The van der Waals surface area contributed by atoms with Crippen LogP contribution in [0, 0.1) is 5.92 Å². The summed E-state index contributed by atoms with van der Waals surface area (Å²) in [6, 6.07) is 4.76. The first kappa shape index (κ1) is 15.1. The van der Waals surface area contributed by atoms with E-state index in [1.807, 2.05) is 0 Å². The number of sulfonamides is 1. The molecule has 1 aromatic carbocycles. The van der Waals surface area contributed by atoms with E-state index in [2.05, 4.69) is 5.32 Å². The highest BCUT2D eigenvalue weighted by molar-refractivity contribution is 7.89. The Morgan fingerprint density at radius 2 is 1.90 bits per heavy atom. The van der Waals surface area contributed by atoms with Gasteiger partial charge in [0.1, 0.15) is 4.90 Å². The Labute approximate surface area is 120 Å². The summed E-state index contributed by atoms with van der Waals surface area (Å²) in [5, 5.41) is 8.40. The molecule has 0 radical (unpaired) electrons. The molecule has 0 bridgehead atoms. The lowest BCUT2D eigenvalue weighted by molar-refractivity contribution is 0.345. The molecule has 0 unspecified atom stereocenters. The zero-order valence-corrected chi connectivity index (χ0v) is 12.5. The van der Waals surface area contributed by atoms with E-state index in [0.29, 0.717) is 11.4 Å². The van der Waals surface area contributed by atoms with E-state index in [1.54, 1.807) is 12.1 Å². The van der Waals surface area contributed by atoms with Crippen molar-refractivity contribution >= 4 is 21.4 Å². The monoisotopic (exact) mass is 297 g/mol. The average Bonchev–Trinajstić information content (AvgIpc) is 2.40. The fourth-order valence-corrected chi connectivity index (χ4v) is 3.55. The molecule has 0 aliphatic heterocycles. The van der Waals surface area contributed by atoms with Crippen LogP contribution in [-0.2, 0) is 10.0 Å². The molecular formula is C14H23N3O2S. The highest BCUT2D eigenvalue weighted by atomic mass is 32.2. The molecule has 1 saturated carbocycles. The third-order valence-corrected chi connectivity index (χ3v) is 4.86. The van der Waals surface area contributed by atoms with Crippen molar-refractivity contribution in [2.45, 2.75) is 43.4 Å². The van der Waals surface area contributed by atoms with Gasteiger partial charge in [-0.15, -0.1) is 0 Å². The number of hydrogen-bond acceptors (Lipinski definition) is 4. The standard InChI is InChI=1S/C14H23N3O2S/c15-12-6-7-13(14(10-12)20(16,18)19)17-9-8-11-4-2-1-3-5-11/h6-7,10-11,17H,1-5,8-9,15H2,(H2,16,18,19). The number of anilines is 2. The molecule has 0 aromatic heterocycles. The fourth-order valence-electron chi connectivity index (χ4n) is 2.81. The van der Waals surface area contributed by atoms with Crippen molar-refractivity contribution in [1.82, 2.24) is 0 Å². The van der Waals surface area contributed by atoms with Gasteiger partial charge in [-0.2, -0.15) is 0 Å². The van der Waals surface area contributed by atoms with Gasteiger partial charge in [0.15, 0.2) is 0 Å². The number of nitrogens with two attached hydrogens (primary N) is 2. The van der Waals surface area contributed by atoms with Crippen LogP contribution in [0.15, 0.2) is 23.1 Å². The molecule has 0 atom stereocenters. The second-order valence-electron chi connectivity index (χ2n) is 5.52. The zero-order valence-electron chi connectivity index (χ0n) is 11.6. The second-order valence-corrected chi connectivity index (χ2v) is 7.05. The third kappa shape index (κ3) is 4.11. The maximum atomic E-state index is 11.6. The Bertz CT molecular complexity index is 552. The fraction of sp³-hybridized carbons (Fsp3) is 0.571. The molecule has 2 rings (SSSR count). The molecule has 0 amide bonds. The molecule has 0 spiro atoms. The zero-order chi connectivity index (χ0) is 14.6. The van der Waals surface area contributed by atoms with Crippen molar-refractivity contribution < 1.29 is 8.42 Å². The van der Waals surface area contributed by atoms with Crippen LogP contribution >= 0.6 is 0 Å². The minimum atomic E-state index is -3.75. The van der Waals surface area contributed by atoms with Gasteiger partial charge < -0.3 is 11.1 Å². The quantitative estimate of drug-likeness (QED) is 0.726. The average molecular weight is 297 g/mol. The molecule has 0 saturated heterocycles. The smallest absolute Gasteiger partial charge is 0.240 e. The lowest BCUT2D eigenvalue weighted by atomic mass is 9.87. The molecule has 1 aliphatic carbocycles. The Kier molecular flexibility index (Phi) is 4.88. The highest BCUT2D eigenvalue weighted by Gasteiger charge is 2.16. The Hall–Kier alpha value is -1.27. The van der Waals surface area contributed by atoms with Crippen LogP contribution in [0.5, 0.6) is 0 Å². The number of hydrogen-bond donors (Lipinski definition) is 3. The summed E-state index contributed by atoms with van der Waals surface area (Å²) >= 11 is 0. The highest BCUT2D eigenvalue weighted by Crippen LogP contribution is 2.27. The van der Waals surface area contributed by atoms with Gasteiger partial charge in [0.25, 0.3) is 0 Å². The van der Waals surface area contributed by atoms with Gasteiger partial charge in [-0.3, -0.25) is 0 Å². The first-order valence-corrected chi connectivity index (χ1v) is 8.67. The molecule has 112 valence electrons. The number of rotatable bonds is 5. The van der Waals surface area contributed by atoms with Crippen LogP contribution in [0.1, 0.15) is 38.5 Å². The van der Waals surface area contributed by atoms with Crippen LogP contribution in [-0.4, -0.2) is 15.0 Å². The van der Waals surface area contributed by atoms with Gasteiger partial charge in [0, 0.05) is 12.2 Å². The summed E-state index contributed by atoms with van der Waals surface area (Å²) in [6.45, 7) is 0.761. The van der Waals surface area contributed by atoms with Crippen LogP contribution in [0.3, 0.4) is 0 Å². The summed E-state index contributed by atoms with van der Waals surface area (Å²) in [5.74, 6) is 0.753. The molecule has 0 heterocycles. The van der Waals surface area contributed by atoms with Crippen LogP contribution in [0.2, 0.25) is 0 Å². The third-order valence-electron chi connectivity index (χ3n) is 3.90. The largest absolute Gasteiger partial charge is 0.399 e. The number of nitrogens with one attached hydrogen (secondary N) is 1. The van der Waals surface area contributed by atoms with Gasteiger partial charge in [0.05, 0.1) is 5.69 Å². The number of primary sulfonamides is 1. The van der Waals surface area contributed by atoms with E-state index < -0.39 is 10.0 Å². The predicted octanol–water partition coefficient (Wildman–Crippen LogP) is 2.30. The minimum Gasteiger partial charge on any atom is -0.399 e. The predicted molar refractivity (Wildman–Crippen MR) is 81.9 cm³/mol. The molecule has 5 N–H and O–H groups in total. The van der Waals surface area contributed by atoms with Crippen molar-refractivity contribution in [3.63, 3.8) is 0 Å².